The van der Waals surface area contributed by atoms with Gasteiger partial charge in [-0.2, -0.15) is 0 Å². The van der Waals surface area contributed by atoms with Crippen molar-refractivity contribution in [1.82, 2.24) is 9.38 Å². The van der Waals surface area contributed by atoms with Gasteiger partial charge in [0.1, 0.15) is 5.75 Å². The van der Waals surface area contributed by atoms with Crippen molar-refractivity contribution >= 4 is 5.65 Å². The molecule has 22 heavy (non-hydrogen) atoms. The number of benzene rings is 1. The van der Waals surface area contributed by atoms with Crippen molar-refractivity contribution in [2.24, 2.45) is 0 Å². The Balaban J connectivity index is 2.21. The van der Waals surface area contributed by atoms with E-state index >= 15 is 0 Å². The SMILES string of the molecule is CCOc1cccn2cc(-c3cc(C)cc(C)c3OC)nc12. The summed E-state index contributed by atoms with van der Waals surface area (Å²) in [5, 5.41) is 0. The molecule has 0 unspecified atom stereocenters. The molecule has 0 N–H and O–H groups in total. The minimum atomic E-state index is 0.620. The fraction of sp³-hybridized carbons (Fsp3) is 0.278. The molecule has 114 valence electrons. The summed E-state index contributed by atoms with van der Waals surface area (Å²) in [5.74, 6) is 1.66. The van der Waals surface area contributed by atoms with Gasteiger partial charge in [-0.05, 0) is 50.1 Å². The Morgan fingerprint density at radius 2 is 2.05 bits per heavy atom. The molecule has 0 aliphatic rings. The molecule has 4 nitrogen and oxygen atoms in total. The second-order valence-corrected chi connectivity index (χ2v) is 5.33. The van der Waals surface area contributed by atoms with Crippen molar-refractivity contribution in [1.29, 1.82) is 0 Å². The van der Waals surface area contributed by atoms with Crippen LogP contribution in [0.25, 0.3) is 16.9 Å². The van der Waals surface area contributed by atoms with Crippen molar-refractivity contribution in [3.8, 4) is 22.8 Å². The first-order valence-electron chi connectivity index (χ1n) is 7.40. The van der Waals surface area contributed by atoms with Crippen LogP contribution < -0.4 is 9.47 Å². The van der Waals surface area contributed by atoms with Crippen LogP contribution in [0, 0.1) is 13.8 Å². The number of ether oxygens (including phenoxy) is 2. The van der Waals surface area contributed by atoms with E-state index in [0.717, 1.165) is 34.0 Å². The quantitative estimate of drug-likeness (QED) is 0.729. The fourth-order valence-electron chi connectivity index (χ4n) is 2.80. The number of pyridine rings is 1. The molecule has 2 aromatic heterocycles. The van der Waals surface area contributed by atoms with Crippen molar-refractivity contribution < 1.29 is 9.47 Å². The van der Waals surface area contributed by atoms with Crippen LogP contribution in [0.3, 0.4) is 0 Å². The minimum absolute atomic E-state index is 0.620. The van der Waals surface area contributed by atoms with Crippen molar-refractivity contribution in [3.05, 3.63) is 47.8 Å². The molecule has 0 aliphatic carbocycles. The van der Waals surface area contributed by atoms with Crippen LogP contribution in [0.15, 0.2) is 36.7 Å². The van der Waals surface area contributed by atoms with Gasteiger partial charge < -0.3 is 13.9 Å². The third-order valence-electron chi connectivity index (χ3n) is 3.65. The average molecular weight is 296 g/mol. The van der Waals surface area contributed by atoms with Gasteiger partial charge in [0.25, 0.3) is 0 Å². The number of methoxy groups -OCH3 is 1. The molecule has 4 heteroatoms. The second kappa shape index (κ2) is 5.72. The van der Waals surface area contributed by atoms with Gasteiger partial charge in [-0.1, -0.05) is 6.07 Å². The zero-order valence-electron chi connectivity index (χ0n) is 13.4. The summed E-state index contributed by atoms with van der Waals surface area (Å²) in [6, 6.07) is 8.12. The summed E-state index contributed by atoms with van der Waals surface area (Å²) < 4.78 is 13.2. The van der Waals surface area contributed by atoms with E-state index in [-0.39, 0.29) is 0 Å². The van der Waals surface area contributed by atoms with Crippen LogP contribution in [0.4, 0.5) is 0 Å². The van der Waals surface area contributed by atoms with Gasteiger partial charge in [-0.25, -0.2) is 4.98 Å². The lowest BCUT2D eigenvalue weighted by atomic mass is 10.0. The summed E-state index contributed by atoms with van der Waals surface area (Å²) >= 11 is 0. The molecule has 0 amide bonds. The predicted molar refractivity (Wildman–Crippen MR) is 87.8 cm³/mol. The Hall–Kier alpha value is -2.49. The molecule has 0 radical (unpaired) electrons. The standard InChI is InChI=1S/C18H20N2O2/c1-5-22-16-7-6-8-20-11-15(19-18(16)20)14-10-12(2)9-13(3)17(14)21-4/h6-11H,5H2,1-4H3. The Morgan fingerprint density at radius 3 is 2.77 bits per heavy atom. The van der Waals surface area contributed by atoms with Crippen molar-refractivity contribution in [2.75, 3.05) is 13.7 Å². The first-order chi connectivity index (χ1) is 10.6. The largest absolute Gasteiger partial charge is 0.496 e. The van der Waals surface area contributed by atoms with Crippen LogP contribution >= 0.6 is 0 Å². The van der Waals surface area contributed by atoms with Gasteiger partial charge in [0.05, 0.1) is 19.4 Å². The summed E-state index contributed by atoms with van der Waals surface area (Å²) in [6.45, 7) is 6.73. The Labute approximate surface area is 130 Å². The maximum atomic E-state index is 5.66. The summed E-state index contributed by atoms with van der Waals surface area (Å²) in [5.41, 5.74) is 5.01. The van der Waals surface area contributed by atoms with Crippen LogP contribution in [0.2, 0.25) is 0 Å². The average Bonchev–Trinajstić information content (AvgIpc) is 2.92. The number of aryl methyl sites for hydroxylation is 2. The molecule has 0 fully saturated rings. The zero-order valence-corrected chi connectivity index (χ0v) is 13.4. The van der Waals surface area contributed by atoms with E-state index in [0.29, 0.717) is 6.61 Å². The first-order valence-corrected chi connectivity index (χ1v) is 7.40. The molecule has 0 bridgehead atoms. The van der Waals surface area contributed by atoms with Crippen LogP contribution in [0.5, 0.6) is 11.5 Å². The van der Waals surface area contributed by atoms with Gasteiger partial charge in [0, 0.05) is 18.0 Å². The number of fused-ring (bicyclic) bond motifs is 1. The Bertz CT molecular complexity index is 821. The molecule has 0 spiro atoms. The number of hydrogen-bond acceptors (Lipinski definition) is 3. The number of hydrogen-bond donors (Lipinski definition) is 0. The van der Waals surface area contributed by atoms with E-state index in [1.807, 2.05) is 35.9 Å². The number of imidazole rings is 1. The van der Waals surface area contributed by atoms with E-state index in [1.165, 1.54) is 5.56 Å². The Morgan fingerprint density at radius 1 is 1.23 bits per heavy atom. The third kappa shape index (κ3) is 2.41. The van der Waals surface area contributed by atoms with E-state index in [4.69, 9.17) is 14.5 Å². The second-order valence-electron chi connectivity index (χ2n) is 5.33. The van der Waals surface area contributed by atoms with Gasteiger partial charge >= 0.3 is 0 Å². The summed E-state index contributed by atoms with van der Waals surface area (Å²) in [4.78, 5) is 4.75. The molecule has 0 saturated heterocycles. The highest BCUT2D eigenvalue weighted by atomic mass is 16.5. The van der Waals surface area contributed by atoms with E-state index in [9.17, 15) is 0 Å². The number of rotatable bonds is 4. The monoisotopic (exact) mass is 296 g/mol. The lowest BCUT2D eigenvalue weighted by Gasteiger charge is -2.10. The highest BCUT2D eigenvalue weighted by Crippen LogP contribution is 2.34. The molecule has 1 aromatic carbocycles. The van der Waals surface area contributed by atoms with Gasteiger partial charge in [-0.15, -0.1) is 0 Å². The smallest absolute Gasteiger partial charge is 0.180 e. The minimum Gasteiger partial charge on any atom is -0.496 e. The maximum Gasteiger partial charge on any atom is 0.180 e. The number of aromatic nitrogens is 2. The highest BCUT2D eigenvalue weighted by Gasteiger charge is 2.14. The fourth-order valence-corrected chi connectivity index (χ4v) is 2.80. The summed E-state index contributed by atoms with van der Waals surface area (Å²) in [6.07, 6.45) is 3.98. The van der Waals surface area contributed by atoms with Crippen molar-refractivity contribution in [3.63, 3.8) is 0 Å². The molecule has 2 heterocycles. The van der Waals surface area contributed by atoms with Gasteiger partial charge in [0.2, 0.25) is 0 Å². The Kier molecular flexibility index (Phi) is 3.75. The van der Waals surface area contributed by atoms with Crippen LogP contribution in [0.1, 0.15) is 18.1 Å². The molecule has 3 aromatic rings. The maximum absolute atomic E-state index is 5.66. The predicted octanol–water partition coefficient (Wildman–Crippen LogP) is 4.03. The molecular weight excluding hydrogens is 276 g/mol. The number of nitrogens with zero attached hydrogens (tertiary/aromatic N) is 2. The zero-order chi connectivity index (χ0) is 15.7. The first kappa shape index (κ1) is 14.4. The van der Waals surface area contributed by atoms with Crippen LogP contribution in [-0.2, 0) is 0 Å². The van der Waals surface area contributed by atoms with Gasteiger partial charge in [0.15, 0.2) is 11.4 Å². The lowest BCUT2D eigenvalue weighted by Crippen LogP contribution is -1.94. The molecule has 0 saturated carbocycles. The van der Waals surface area contributed by atoms with E-state index in [2.05, 4.69) is 26.0 Å². The highest BCUT2D eigenvalue weighted by molar-refractivity contribution is 5.73. The molecule has 0 aliphatic heterocycles. The van der Waals surface area contributed by atoms with Gasteiger partial charge in [-0.3, -0.25) is 0 Å². The molecule has 0 atom stereocenters. The normalized spacial score (nSPS) is 10.9. The van der Waals surface area contributed by atoms with E-state index in [1.54, 1.807) is 7.11 Å². The van der Waals surface area contributed by atoms with Crippen LogP contribution in [-0.4, -0.2) is 23.1 Å². The van der Waals surface area contributed by atoms with E-state index < -0.39 is 0 Å². The lowest BCUT2D eigenvalue weighted by molar-refractivity contribution is 0.342. The topological polar surface area (TPSA) is 35.8 Å². The summed E-state index contributed by atoms with van der Waals surface area (Å²) in [7, 11) is 1.70. The molecular formula is C18H20N2O2. The van der Waals surface area contributed by atoms with Crippen molar-refractivity contribution in [2.45, 2.75) is 20.8 Å². The third-order valence-corrected chi connectivity index (χ3v) is 3.65. The molecule has 3 rings (SSSR count).